The Morgan fingerprint density at radius 3 is 2.69 bits per heavy atom. The molecule has 2 aromatic heterocycles. The quantitative estimate of drug-likeness (QED) is 0.488. The number of halogens is 1. The van der Waals surface area contributed by atoms with Crippen molar-refractivity contribution in [3.8, 4) is 22.5 Å². The zero-order valence-corrected chi connectivity index (χ0v) is 16.4. The minimum atomic E-state index is -0.135. The average Bonchev–Trinajstić information content (AvgIpc) is 3.25. The molecule has 2 N–H and O–H groups in total. The molecule has 0 aliphatic heterocycles. The van der Waals surface area contributed by atoms with E-state index in [1.165, 1.54) is 0 Å². The van der Waals surface area contributed by atoms with Gasteiger partial charge in [-0.1, -0.05) is 48.0 Å². The largest absolute Gasteiger partial charge is 0.352 e. The molecule has 0 spiro atoms. The number of pyridine rings is 1. The first kappa shape index (κ1) is 18.9. The number of aromatic nitrogens is 3. The van der Waals surface area contributed by atoms with Crippen molar-refractivity contribution in [2.75, 3.05) is 6.54 Å². The van der Waals surface area contributed by atoms with Crippen LogP contribution in [-0.4, -0.2) is 27.6 Å². The van der Waals surface area contributed by atoms with E-state index in [0.29, 0.717) is 29.2 Å². The Labute approximate surface area is 173 Å². The van der Waals surface area contributed by atoms with E-state index in [1.807, 2.05) is 66.7 Å². The molecular weight excluding hydrogens is 384 g/mol. The first-order valence-electron chi connectivity index (χ1n) is 9.29. The first-order valence-corrected chi connectivity index (χ1v) is 9.67. The van der Waals surface area contributed by atoms with Crippen LogP contribution < -0.4 is 5.32 Å². The molecule has 0 fully saturated rings. The molecule has 0 bridgehead atoms. The number of amides is 1. The lowest BCUT2D eigenvalue weighted by Crippen LogP contribution is -2.26. The van der Waals surface area contributed by atoms with Gasteiger partial charge in [-0.25, -0.2) is 0 Å². The van der Waals surface area contributed by atoms with Crippen LogP contribution in [0.1, 0.15) is 16.1 Å². The Balaban J connectivity index is 1.52. The summed E-state index contributed by atoms with van der Waals surface area (Å²) in [4.78, 5) is 17.0. The summed E-state index contributed by atoms with van der Waals surface area (Å²) in [6, 6.07) is 22.7. The molecule has 29 heavy (non-hydrogen) atoms. The molecule has 144 valence electrons. The van der Waals surface area contributed by atoms with E-state index in [9.17, 15) is 4.79 Å². The van der Waals surface area contributed by atoms with E-state index in [2.05, 4.69) is 20.5 Å². The summed E-state index contributed by atoms with van der Waals surface area (Å²) in [5.41, 5.74) is 4.78. The van der Waals surface area contributed by atoms with Crippen molar-refractivity contribution in [2.45, 2.75) is 6.42 Å². The molecule has 0 saturated heterocycles. The number of nitrogens with zero attached hydrogens (tertiary/aromatic N) is 2. The number of nitrogens with one attached hydrogen (secondary N) is 2. The molecule has 0 unspecified atom stereocenters. The minimum absolute atomic E-state index is 0.135. The Bertz CT molecular complexity index is 1120. The second-order valence-electron chi connectivity index (χ2n) is 6.55. The number of hydrogen-bond acceptors (Lipinski definition) is 3. The summed E-state index contributed by atoms with van der Waals surface area (Å²) in [6.45, 7) is 0.512. The van der Waals surface area contributed by atoms with Crippen LogP contribution in [0.5, 0.6) is 0 Å². The highest BCUT2D eigenvalue weighted by atomic mass is 35.5. The van der Waals surface area contributed by atoms with Gasteiger partial charge in [-0.05, 0) is 36.4 Å². The van der Waals surface area contributed by atoms with Gasteiger partial charge in [0.1, 0.15) is 0 Å². The van der Waals surface area contributed by atoms with Crippen LogP contribution in [-0.2, 0) is 6.42 Å². The van der Waals surface area contributed by atoms with Gasteiger partial charge in [0, 0.05) is 46.6 Å². The standard InChI is InChI=1S/C23H19ClN4O/c24-17-7-5-6-16(14-17)21-15-22(28-27-21)19-9-1-2-10-20(19)23(29)26-13-11-18-8-3-4-12-25-18/h1-10,12,14-15H,11,13H2,(H,26,29)(H,27,28). The summed E-state index contributed by atoms with van der Waals surface area (Å²) in [5.74, 6) is -0.135. The lowest BCUT2D eigenvalue weighted by atomic mass is 10.0. The van der Waals surface area contributed by atoms with Crippen molar-refractivity contribution in [3.05, 3.63) is 95.3 Å². The fourth-order valence-corrected chi connectivity index (χ4v) is 3.30. The van der Waals surface area contributed by atoms with Crippen LogP contribution in [0.2, 0.25) is 5.02 Å². The highest BCUT2D eigenvalue weighted by molar-refractivity contribution is 6.30. The third-order valence-corrected chi connectivity index (χ3v) is 4.79. The van der Waals surface area contributed by atoms with Gasteiger partial charge in [0.2, 0.25) is 0 Å². The summed E-state index contributed by atoms with van der Waals surface area (Å²) in [7, 11) is 0. The van der Waals surface area contributed by atoms with Gasteiger partial charge < -0.3 is 5.32 Å². The molecule has 2 heterocycles. The molecule has 2 aromatic carbocycles. The zero-order chi connectivity index (χ0) is 20.1. The topological polar surface area (TPSA) is 70.7 Å². The van der Waals surface area contributed by atoms with Crippen LogP contribution >= 0.6 is 11.6 Å². The van der Waals surface area contributed by atoms with Crippen LogP contribution in [0.4, 0.5) is 0 Å². The fourth-order valence-electron chi connectivity index (χ4n) is 3.11. The van der Waals surface area contributed by atoms with Crippen molar-refractivity contribution >= 4 is 17.5 Å². The Kier molecular flexibility index (Phi) is 5.68. The normalized spacial score (nSPS) is 10.7. The lowest BCUT2D eigenvalue weighted by molar-refractivity contribution is 0.0954. The molecule has 0 saturated carbocycles. The Morgan fingerprint density at radius 1 is 1.00 bits per heavy atom. The molecule has 6 heteroatoms. The molecule has 0 aliphatic rings. The maximum absolute atomic E-state index is 12.8. The molecule has 0 aliphatic carbocycles. The highest BCUT2D eigenvalue weighted by Crippen LogP contribution is 2.27. The number of benzene rings is 2. The van der Waals surface area contributed by atoms with Crippen LogP contribution in [0.3, 0.4) is 0 Å². The van der Waals surface area contributed by atoms with Crippen molar-refractivity contribution in [1.29, 1.82) is 0 Å². The lowest BCUT2D eigenvalue weighted by Gasteiger charge is -2.08. The molecule has 0 atom stereocenters. The molecule has 1 amide bonds. The van der Waals surface area contributed by atoms with Crippen molar-refractivity contribution < 1.29 is 4.79 Å². The first-order chi connectivity index (χ1) is 14.2. The number of H-pyrrole nitrogens is 1. The summed E-state index contributed by atoms with van der Waals surface area (Å²) in [5, 5.41) is 11.1. The van der Waals surface area contributed by atoms with Gasteiger partial charge in [0.15, 0.2) is 0 Å². The van der Waals surface area contributed by atoms with Gasteiger partial charge in [-0.3, -0.25) is 14.9 Å². The predicted molar refractivity (Wildman–Crippen MR) is 115 cm³/mol. The summed E-state index contributed by atoms with van der Waals surface area (Å²) < 4.78 is 0. The highest BCUT2D eigenvalue weighted by Gasteiger charge is 2.15. The van der Waals surface area contributed by atoms with Crippen molar-refractivity contribution in [3.63, 3.8) is 0 Å². The third-order valence-electron chi connectivity index (χ3n) is 4.55. The molecule has 0 radical (unpaired) electrons. The van der Waals surface area contributed by atoms with Gasteiger partial charge in [0.05, 0.1) is 11.4 Å². The monoisotopic (exact) mass is 402 g/mol. The van der Waals surface area contributed by atoms with Gasteiger partial charge in [0.25, 0.3) is 5.91 Å². The maximum Gasteiger partial charge on any atom is 0.251 e. The Hall–Kier alpha value is -3.44. The number of hydrogen-bond donors (Lipinski definition) is 2. The van der Waals surface area contributed by atoms with E-state index >= 15 is 0 Å². The molecule has 5 nitrogen and oxygen atoms in total. The molecule has 4 rings (SSSR count). The van der Waals surface area contributed by atoms with Crippen LogP contribution in [0.15, 0.2) is 79.0 Å². The van der Waals surface area contributed by atoms with E-state index in [-0.39, 0.29) is 5.91 Å². The van der Waals surface area contributed by atoms with E-state index in [1.54, 1.807) is 12.3 Å². The fraction of sp³-hybridized carbons (Fsp3) is 0.0870. The smallest absolute Gasteiger partial charge is 0.251 e. The zero-order valence-electron chi connectivity index (χ0n) is 15.6. The number of carbonyl (C=O) groups excluding carboxylic acids is 1. The number of carbonyl (C=O) groups is 1. The second-order valence-corrected chi connectivity index (χ2v) is 6.99. The number of aromatic amines is 1. The van der Waals surface area contributed by atoms with Crippen LogP contribution in [0.25, 0.3) is 22.5 Å². The summed E-state index contributed by atoms with van der Waals surface area (Å²) in [6.07, 6.45) is 2.43. The molecule has 4 aromatic rings. The van der Waals surface area contributed by atoms with Crippen molar-refractivity contribution in [2.24, 2.45) is 0 Å². The van der Waals surface area contributed by atoms with Gasteiger partial charge in [-0.2, -0.15) is 5.10 Å². The maximum atomic E-state index is 12.8. The molecular formula is C23H19ClN4O. The minimum Gasteiger partial charge on any atom is -0.352 e. The van der Waals surface area contributed by atoms with Crippen LogP contribution in [0, 0.1) is 0 Å². The third kappa shape index (κ3) is 4.52. The average molecular weight is 403 g/mol. The van der Waals surface area contributed by atoms with Gasteiger partial charge in [-0.15, -0.1) is 0 Å². The Morgan fingerprint density at radius 2 is 1.86 bits per heavy atom. The van der Waals surface area contributed by atoms with E-state index in [0.717, 1.165) is 22.5 Å². The van der Waals surface area contributed by atoms with Gasteiger partial charge >= 0.3 is 0 Å². The van der Waals surface area contributed by atoms with Crippen molar-refractivity contribution in [1.82, 2.24) is 20.5 Å². The SMILES string of the molecule is O=C(NCCc1ccccn1)c1ccccc1-c1cc(-c2cccc(Cl)c2)[nH]n1. The predicted octanol–water partition coefficient (Wildman–Crippen LogP) is 4.76. The van der Waals surface area contributed by atoms with E-state index < -0.39 is 0 Å². The van der Waals surface area contributed by atoms with E-state index in [4.69, 9.17) is 11.6 Å². The summed E-state index contributed by atoms with van der Waals surface area (Å²) >= 11 is 6.09. The second kappa shape index (κ2) is 8.71. The number of rotatable bonds is 6.